The van der Waals surface area contributed by atoms with E-state index >= 15 is 0 Å². The van der Waals surface area contributed by atoms with Crippen molar-refractivity contribution in [2.75, 3.05) is 19.7 Å². The van der Waals surface area contributed by atoms with E-state index in [4.69, 9.17) is 4.74 Å². The number of carbonyl (C=O) groups excluding carboxylic acids is 1. The van der Waals surface area contributed by atoms with Crippen LogP contribution in [0.5, 0.6) is 5.75 Å². The highest BCUT2D eigenvalue weighted by molar-refractivity contribution is 5.74. The Hall–Kier alpha value is -1.89. The molecule has 7 heteroatoms. The smallest absolute Gasteiger partial charge is 0.387 e. The molecule has 1 unspecified atom stereocenters. The van der Waals surface area contributed by atoms with E-state index in [9.17, 15) is 13.6 Å². The van der Waals surface area contributed by atoms with Gasteiger partial charge in [0.1, 0.15) is 5.75 Å². The molecule has 0 saturated carbocycles. The van der Waals surface area contributed by atoms with Crippen molar-refractivity contribution in [2.24, 2.45) is 0 Å². The zero-order valence-corrected chi connectivity index (χ0v) is 13.1. The number of halogens is 2. The van der Waals surface area contributed by atoms with Crippen molar-refractivity contribution in [1.29, 1.82) is 0 Å². The fraction of sp³-hybridized carbons (Fsp3) is 0.562. The van der Waals surface area contributed by atoms with E-state index in [1.807, 2.05) is 6.92 Å². The molecule has 0 aromatic heterocycles. The summed E-state index contributed by atoms with van der Waals surface area (Å²) in [6.45, 7) is 1.37. The number of likely N-dealkylation sites (N-methyl/N-ethyl adjacent to an activating group) is 1. The third kappa shape index (κ3) is 5.67. The number of nitrogens with one attached hydrogen (secondary N) is 1. The third-order valence-corrected chi connectivity index (χ3v) is 3.71. The summed E-state index contributed by atoms with van der Waals surface area (Å²) < 4.78 is 34.0. The van der Waals surface area contributed by atoms with Gasteiger partial charge in [-0.1, -0.05) is 12.1 Å². The van der Waals surface area contributed by atoms with Gasteiger partial charge in [0.15, 0.2) is 0 Å². The summed E-state index contributed by atoms with van der Waals surface area (Å²) in [6, 6.07) is 6.05. The molecule has 1 saturated heterocycles. The summed E-state index contributed by atoms with van der Waals surface area (Å²) in [5.74, 6) is 0.101. The number of benzene rings is 1. The number of alkyl halides is 2. The number of amides is 2. The van der Waals surface area contributed by atoms with Gasteiger partial charge in [-0.3, -0.25) is 0 Å². The van der Waals surface area contributed by atoms with Gasteiger partial charge in [0, 0.05) is 26.2 Å². The lowest BCUT2D eigenvalue weighted by Gasteiger charge is -2.24. The Morgan fingerprint density at radius 1 is 1.43 bits per heavy atom. The van der Waals surface area contributed by atoms with Crippen molar-refractivity contribution >= 4 is 6.03 Å². The van der Waals surface area contributed by atoms with Crippen molar-refractivity contribution in [1.82, 2.24) is 10.2 Å². The maximum Gasteiger partial charge on any atom is 0.387 e. The van der Waals surface area contributed by atoms with Crippen LogP contribution in [-0.4, -0.2) is 43.3 Å². The Morgan fingerprint density at radius 3 is 2.74 bits per heavy atom. The molecule has 1 N–H and O–H groups in total. The minimum absolute atomic E-state index is 0.101. The molecule has 128 valence electrons. The van der Waals surface area contributed by atoms with E-state index in [0.29, 0.717) is 19.6 Å². The standard InChI is InChI=1S/C16H22F2N2O3/c1-2-20(11-14-4-3-9-22-14)16(21)19-10-12-5-7-13(8-6-12)23-15(17)18/h5-8,14-15H,2-4,9-11H2,1H3,(H,19,21). The topological polar surface area (TPSA) is 50.8 Å². The lowest BCUT2D eigenvalue weighted by Crippen LogP contribution is -2.43. The molecule has 0 bridgehead atoms. The predicted molar refractivity (Wildman–Crippen MR) is 81.5 cm³/mol. The molecule has 0 spiro atoms. The molecule has 1 fully saturated rings. The molecule has 1 aromatic rings. The van der Waals surface area contributed by atoms with Crippen LogP contribution in [0.2, 0.25) is 0 Å². The van der Waals surface area contributed by atoms with Crippen LogP contribution in [0.3, 0.4) is 0 Å². The van der Waals surface area contributed by atoms with Gasteiger partial charge in [0.05, 0.1) is 6.10 Å². The second-order valence-corrected chi connectivity index (χ2v) is 5.35. The highest BCUT2D eigenvalue weighted by atomic mass is 19.3. The molecule has 1 aromatic carbocycles. The average molecular weight is 328 g/mol. The molecule has 1 atom stereocenters. The Labute approximate surface area is 134 Å². The van der Waals surface area contributed by atoms with Crippen molar-refractivity contribution in [2.45, 2.75) is 39.0 Å². The Morgan fingerprint density at radius 2 is 2.17 bits per heavy atom. The molecule has 5 nitrogen and oxygen atoms in total. The molecule has 1 aliphatic rings. The summed E-state index contributed by atoms with van der Waals surface area (Å²) in [7, 11) is 0. The fourth-order valence-corrected chi connectivity index (χ4v) is 2.47. The van der Waals surface area contributed by atoms with Gasteiger partial charge in [-0.05, 0) is 37.5 Å². The number of hydrogen-bond donors (Lipinski definition) is 1. The molecule has 0 aliphatic carbocycles. The van der Waals surface area contributed by atoms with Crippen molar-refractivity contribution < 1.29 is 23.0 Å². The first-order valence-corrected chi connectivity index (χ1v) is 7.76. The monoisotopic (exact) mass is 328 g/mol. The first-order valence-electron chi connectivity index (χ1n) is 7.76. The van der Waals surface area contributed by atoms with Gasteiger partial charge >= 0.3 is 12.6 Å². The summed E-state index contributed by atoms with van der Waals surface area (Å²) >= 11 is 0. The molecule has 2 amide bonds. The summed E-state index contributed by atoms with van der Waals surface area (Å²) in [5, 5.41) is 2.83. The van der Waals surface area contributed by atoms with Gasteiger partial charge in [-0.25, -0.2) is 4.79 Å². The molecular formula is C16H22F2N2O3. The Bertz CT molecular complexity index is 491. The maximum atomic E-state index is 12.2. The van der Waals surface area contributed by atoms with E-state index in [0.717, 1.165) is 25.0 Å². The summed E-state index contributed by atoms with van der Waals surface area (Å²) in [4.78, 5) is 13.9. The summed E-state index contributed by atoms with van der Waals surface area (Å²) in [6.07, 6.45) is 2.14. The Kier molecular flexibility index (Phi) is 6.58. The molecule has 1 aliphatic heterocycles. The lowest BCUT2D eigenvalue weighted by molar-refractivity contribution is -0.0498. The summed E-state index contributed by atoms with van der Waals surface area (Å²) in [5.41, 5.74) is 0.813. The van der Waals surface area contributed by atoms with E-state index in [-0.39, 0.29) is 17.9 Å². The first kappa shape index (κ1) is 17.5. The van der Waals surface area contributed by atoms with Gasteiger partial charge in [0.2, 0.25) is 0 Å². The number of hydrogen-bond acceptors (Lipinski definition) is 3. The van der Waals surface area contributed by atoms with E-state index < -0.39 is 6.61 Å². The number of nitrogens with zero attached hydrogens (tertiary/aromatic N) is 1. The zero-order valence-electron chi connectivity index (χ0n) is 13.1. The highest BCUT2D eigenvalue weighted by Crippen LogP contribution is 2.15. The molecule has 23 heavy (non-hydrogen) atoms. The minimum atomic E-state index is -2.84. The Balaban J connectivity index is 1.79. The van der Waals surface area contributed by atoms with Crippen molar-refractivity contribution in [3.63, 3.8) is 0 Å². The van der Waals surface area contributed by atoms with E-state index in [1.54, 1.807) is 17.0 Å². The predicted octanol–water partition coefficient (Wildman–Crippen LogP) is 3.00. The van der Waals surface area contributed by atoms with Crippen LogP contribution in [0.25, 0.3) is 0 Å². The largest absolute Gasteiger partial charge is 0.435 e. The number of urea groups is 1. The van der Waals surface area contributed by atoms with Crippen LogP contribution in [0.4, 0.5) is 13.6 Å². The number of ether oxygens (including phenoxy) is 2. The van der Waals surface area contributed by atoms with Crippen LogP contribution in [0.15, 0.2) is 24.3 Å². The van der Waals surface area contributed by atoms with E-state index in [2.05, 4.69) is 10.1 Å². The maximum absolute atomic E-state index is 12.2. The van der Waals surface area contributed by atoms with Crippen LogP contribution in [0.1, 0.15) is 25.3 Å². The van der Waals surface area contributed by atoms with Gasteiger partial charge < -0.3 is 19.7 Å². The first-order chi connectivity index (χ1) is 11.1. The van der Waals surface area contributed by atoms with Gasteiger partial charge in [-0.2, -0.15) is 8.78 Å². The second kappa shape index (κ2) is 8.67. The normalized spacial score (nSPS) is 17.3. The average Bonchev–Trinajstić information content (AvgIpc) is 3.04. The zero-order chi connectivity index (χ0) is 16.7. The minimum Gasteiger partial charge on any atom is -0.435 e. The highest BCUT2D eigenvalue weighted by Gasteiger charge is 2.21. The third-order valence-electron chi connectivity index (χ3n) is 3.71. The van der Waals surface area contributed by atoms with Gasteiger partial charge in [-0.15, -0.1) is 0 Å². The quantitative estimate of drug-likeness (QED) is 0.837. The molecule has 2 rings (SSSR count). The van der Waals surface area contributed by atoms with Crippen LogP contribution < -0.4 is 10.1 Å². The fourth-order valence-electron chi connectivity index (χ4n) is 2.47. The van der Waals surface area contributed by atoms with Crippen LogP contribution in [-0.2, 0) is 11.3 Å². The molecule has 1 heterocycles. The van der Waals surface area contributed by atoms with Crippen molar-refractivity contribution in [3.05, 3.63) is 29.8 Å². The van der Waals surface area contributed by atoms with Crippen molar-refractivity contribution in [3.8, 4) is 5.75 Å². The molecule has 0 radical (unpaired) electrons. The number of rotatable bonds is 7. The number of carbonyl (C=O) groups is 1. The van der Waals surface area contributed by atoms with Crippen LogP contribution >= 0.6 is 0 Å². The van der Waals surface area contributed by atoms with Gasteiger partial charge in [0.25, 0.3) is 0 Å². The molecular weight excluding hydrogens is 306 g/mol. The van der Waals surface area contributed by atoms with Crippen LogP contribution in [0, 0.1) is 0 Å². The second-order valence-electron chi connectivity index (χ2n) is 5.35. The SMILES string of the molecule is CCN(CC1CCCO1)C(=O)NCc1ccc(OC(F)F)cc1. The lowest BCUT2D eigenvalue weighted by atomic mass is 10.2. The van der Waals surface area contributed by atoms with E-state index in [1.165, 1.54) is 12.1 Å².